The fourth-order valence-corrected chi connectivity index (χ4v) is 1.46. The predicted molar refractivity (Wildman–Crippen MR) is 66.9 cm³/mol. The summed E-state index contributed by atoms with van der Waals surface area (Å²) >= 11 is 0. The van der Waals surface area contributed by atoms with Gasteiger partial charge in [-0.05, 0) is 0 Å². The SMILES string of the molecule is Cn1cnnc1CCNC(=O)c1cncc(NN)n1. The Kier molecular flexibility index (Phi) is 3.98. The quantitative estimate of drug-likeness (QED) is 0.459. The highest BCUT2D eigenvalue weighted by Crippen LogP contribution is 2.00. The van der Waals surface area contributed by atoms with Crippen molar-refractivity contribution in [1.82, 2.24) is 30.0 Å². The zero-order chi connectivity index (χ0) is 13.7. The molecule has 2 aromatic rings. The van der Waals surface area contributed by atoms with Crippen LogP contribution in [0.4, 0.5) is 5.82 Å². The number of nitrogens with one attached hydrogen (secondary N) is 2. The van der Waals surface area contributed by atoms with E-state index in [2.05, 4.69) is 30.9 Å². The molecule has 0 aliphatic heterocycles. The highest BCUT2D eigenvalue weighted by Gasteiger charge is 2.08. The van der Waals surface area contributed by atoms with E-state index in [0.717, 1.165) is 5.82 Å². The molecule has 0 saturated heterocycles. The summed E-state index contributed by atoms with van der Waals surface area (Å²) in [5.74, 6) is 6.01. The summed E-state index contributed by atoms with van der Waals surface area (Å²) < 4.78 is 1.80. The number of hydrazine groups is 1. The first kappa shape index (κ1) is 12.9. The summed E-state index contributed by atoms with van der Waals surface area (Å²) in [6.07, 6.45) is 5.00. The first-order valence-corrected chi connectivity index (χ1v) is 5.60. The molecule has 2 rings (SSSR count). The Labute approximate surface area is 109 Å². The number of amides is 1. The van der Waals surface area contributed by atoms with Crippen molar-refractivity contribution in [2.75, 3.05) is 12.0 Å². The van der Waals surface area contributed by atoms with Gasteiger partial charge in [-0.15, -0.1) is 10.2 Å². The predicted octanol–water partition coefficient (Wildman–Crippen LogP) is -1.14. The topological polar surface area (TPSA) is 124 Å². The number of nitrogens with zero attached hydrogens (tertiary/aromatic N) is 5. The van der Waals surface area contributed by atoms with Gasteiger partial charge in [-0.25, -0.2) is 10.8 Å². The number of carbonyl (C=O) groups is 1. The minimum absolute atomic E-state index is 0.202. The van der Waals surface area contributed by atoms with Crippen molar-refractivity contribution in [2.45, 2.75) is 6.42 Å². The van der Waals surface area contributed by atoms with Gasteiger partial charge in [0.25, 0.3) is 5.91 Å². The van der Waals surface area contributed by atoms with E-state index >= 15 is 0 Å². The third-order valence-corrected chi connectivity index (χ3v) is 2.45. The maximum absolute atomic E-state index is 11.8. The first-order valence-electron chi connectivity index (χ1n) is 5.60. The minimum atomic E-state index is -0.313. The van der Waals surface area contributed by atoms with Crippen LogP contribution in [0.3, 0.4) is 0 Å². The van der Waals surface area contributed by atoms with Gasteiger partial charge in [0.2, 0.25) is 0 Å². The average molecular weight is 262 g/mol. The van der Waals surface area contributed by atoms with E-state index < -0.39 is 0 Å². The van der Waals surface area contributed by atoms with Gasteiger partial charge in [-0.2, -0.15) is 0 Å². The molecule has 0 atom stereocenters. The molecule has 4 N–H and O–H groups in total. The van der Waals surface area contributed by atoms with Crippen molar-refractivity contribution >= 4 is 11.7 Å². The van der Waals surface area contributed by atoms with E-state index in [0.29, 0.717) is 18.8 Å². The van der Waals surface area contributed by atoms with Gasteiger partial charge in [0.05, 0.1) is 12.4 Å². The molecule has 0 saturated carbocycles. The molecular weight excluding hydrogens is 248 g/mol. The van der Waals surface area contributed by atoms with Crippen LogP contribution in [0.1, 0.15) is 16.3 Å². The molecule has 19 heavy (non-hydrogen) atoms. The molecule has 2 heterocycles. The summed E-state index contributed by atoms with van der Waals surface area (Å²) in [7, 11) is 1.85. The van der Waals surface area contributed by atoms with Crippen LogP contribution in [0.2, 0.25) is 0 Å². The number of anilines is 1. The van der Waals surface area contributed by atoms with Crippen molar-refractivity contribution in [3.63, 3.8) is 0 Å². The van der Waals surface area contributed by atoms with Crippen molar-refractivity contribution in [3.05, 3.63) is 30.2 Å². The van der Waals surface area contributed by atoms with Gasteiger partial charge in [0.15, 0.2) is 5.82 Å². The molecule has 0 aliphatic carbocycles. The summed E-state index contributed by atoms with van der Waals surface area (Å²) in [4.78, 5) is 19.6. The monoisotopic (exact) mass is 262 g/mol. The number of aryl methyl sites for hydroxylation is 1. The molecule has 9 nitrogen and oxygen atoms in total. The molecule has 1 amide bonds. The molecule has 0 radical (unpaired) electrons. The largest absolute Gasteiger partial charge is 0.350 e. The Morgan fingerprint density at radius 2 is 2.32 bits per heavy atom. The van der Waals surface area contributed by atoms with E-state index in [1.165, 1.54) is 12.4 Å². The van der Waals surface area contributed by atoms with Gasteiger partial charge >= 0.3 is 0 Å². The van der Waals surface area contributed by atoms with Gasteiger partial charge in [0, 0.05) is 20.0 Å². The van der Waals surface area contributed by atoms with Crippen LogP contribution < -0.4 is 16.6 Å². The minimum Gasteiger partial charge on any atom is -0.350 e. The Balaban J connectivity index is 1.89. The number of carbonyl (C=O) groups excluding carboxylic acids is 1. The molecule has 0 bridgehead atoms. The molecule has 0 fully saturated rings. The molecule has 0 aliphatic rings. The lowest BCUT2D eigenvalue weighted by Crippen LogP contribution is -2.27. The zero-order valence-corrected chi connectivity index (χ0v) is 10.4. The average Bonchev–Trinajstić information content (AvgIpc) is 2.84. The maximum Gasteiger partial charge on any atom is 0.271 e. The van der Waals surface area contributed by atoms with Gasteiger partial charge in [0.1, 0.15) is 17.8 Å². The van der Waals surface area contributed by atoms with Crippen LogP contribution in [-0.4, -0.2) is 37.2 Å². The van der Waals surface area contributed by atoms with Gasteiger partial charge < -0.3 is 15.3 Å². The zero-order valence-electron chi connectivity index (χ0n) is 10.4. The second-order valence-corrected chi connectivity index (χ2v) is 3.80. The number of hydrogen-bond acceptors (Lipinski definition) is 7. The molecule has 9 heteroatoms. The van der Waals surface area contributed by atoms with Crippen LogP contribution in [0.5, 0.6) is 0 Å². The molecule has 0 unspecified atom stereocenters. The van der Waals surface area contributed by atoms with Crippen molar-refractivity contribution in [1.29, 1.82) is 0 Å². The van der Waals surface area contributed by atoms with E-state index in [9.17, 15) is 4.79 Å². The summed E-state index contributed by atoms with van der Waals surface area (Å²) in [6, 6.07) is 0. The summed E-state index contributed by atoms with van der Waals surface area (Å²) in [5, 5.41) is 10.4. The maximum atomic E-state index is 11.8. The number of aromatic nitrogens is 5. The molecule has 0 aromatic carbocycles. The van der Waals surface area contributed by atoms with Crippen LogP contribution >= 0.6 is 0 Å². The van der Waals surface area contributed by atoms with E-state index in [1.54, 1.807) is 10.9 Å². The summed E-state index contributed by atoms with van der Waals surface area (Å²) in [6.45, 7) is 0.438. The van der Waals surface area contributed by atoms with Crippen molar-refractivity contribution < 1.29 is 4.79 Å². The lowest BCUT2D eigenvalue weighted by Gasteiger charge is -2.05. The number of hydrogen-bond donors (Lipinski definition) is 3. The van der Waals surface area contributed by atoms with E-state index in [1.807, 2.05) is 7.05 Å². The first-order chi connectivity index (χ1) is 9.20. The Hall–Kier alpha value is -2.55. The number of nitrogen functional groups attached to an aromatic ring is 1. The van der Waals surface area contributed by atoms with Gasteiger partial charge in [-0.3, -0.25) is 9.78 Å². The van der Waals surface area contributed by atoms with E-state index in [4.69, 9.17) is 5.84 Å². The molecule has 2 aromatic heterocycles. The fraction of sp³-hybridized carbons (Fsp3) is 0.300. The second kappa shape index (κ2) is 5.87. The van der Waals surface area contributed by atoms with Crippen molar-refractivity contribution in [2.24, 2.45) is 12.9 Å². The van der Waals surface area contributed by atoms with Gasteiger partial charge in [-0.1, -0.05) is 0 Å². The van der Waals surface area contributed by atoms with E-state index in [-0.39, 0.29) is 11.6 Å². The highest BCUT2D eigenvalue weighted by molar-refractivity contribution is 5.92. The standard InChI is InChI=1S/C10H14N8O/c1-18-6-14-17-9(18)2-3-13-10(19)7-4-12-5-8(15-7)16-11/h4-6H,2-3,11H2,1H3,(H,13,19)(H,15,16). The molecular formula is C10H14N8O. The lowest BCUT2D eigenvalue weighted by molar-refractivity contribution is 0.0948. The smallest absolute Gasteiger partial charge is 0.271 e. The molecule has 100 valence electrons. The third kappa shape index (κ3) is 3.22. The Morgan fingerprint density at radius 1 is 1.47 bits per heavy atom. The normalized spacial score (nSPS) is 10.2. The molecule has 0 spiro atoms. The fourth-order valence-electron chi connectivity index (χ4n) is 1.46. The van der Waals surface area contributed by atoms with Crippen LogP contribution in [0, 0.1) is 0 Å². The Morgan fingerprint density at radius 3 is 3.00 bits per heavy atom. The third-order valence-electron chi connectivity index (χ3n) is 2.45. The van der Waals surface area contributed by atoms with Crippen LogP contribution in [-0.2, 0) is 13.5 Å². The van der Waals surface area contributed by atoms with Crippen LogP contribution in [0.15, 0.2) is 18.7 Å². The van der Waals surface area contributed by atoms with Crippen molar-refractivity contribution in [3.8, 4) is 0 Å². The Bertz CT molecular complexity index is 566. The van der Waals surface area contributed by atoms with Crippen LogP contribution in [0.25, 0.3) is 0 Å². The summed E-state index contributed by atoms with van der Waals surface area (Å²) in [5.41, 5.74) is 2.54. The number of rotatable bonds is 5. The number of nitrogens with two attached hydrogens (primary N) is 1. The lowest BCUT2D eigenvalue weighted by atomic mass is 10.3. The second-order valence-electron chi connectivity index (χ2n) is 3.80. The highest BCUT2D eigenvalue weighted by atomic mass is 16.1.